The van der Waals surface area contributed by atoms with Crippen LogP contribution in [0.1, 0.15) is 26.7 Å². The van der Waals surface area contributed by atoms with Gasteiger partial charge in [-0.2, -0.15) is 0 Å². The van der Waals surface area contributed by atoms with Gasteiger partial charge in [0.2, 0.25) is 0 Å². The Morgan fingerprint density at radius 2 is 1.69 bits per heavy atom. The molecule has 0 saturated carbocycles. The highest BCUT2D eigenvalue weighted by Crippen LogP contribution is 2.28. The summed E-state index contributed by atoms with van der Waals surface area (Å²) >= 11 is 0. The number of piperidine rings is 1. The van der Waals surface area contributed by atoms with Crippen molar-refractivity contribution in [2.24, 2.45) is 5.73 Å². The SMILES string of the molecule is CC(N)[C@H](C)N1CCC(F)(F)CC1. The van der Waals surface area contributed by atoms with Crippen LogP contribution >= 0.6 is 0 Å². The van der Waals surface area contributed by atoms with Gasteiger partial charge in [0.15, 0.2) is 0 Å². The first-order valence-corrected chi connectivity index (χ1v) is 4.80. The molecule has 1 saturated heterocycles. The van der Waals surface area contributed by atoms with E-state index < -0.39 is 5.92 Å². The van der Waals surface area contributed by atoms with Crippen LogP contribution < -0.4 is 5.73 Å². The van der Waals surface area contributed by atoms with Crippen LogP contribution in [0.15, 0.2) is 0 Å². The monoisotopic (exact) mass is 192 g/mol. The van der Waals surface area contributed by atoms with Crippen LogP contribution in [-0.2, 0) is 0 Å². The fourth-order valence-electron chi connectivity index (χ4n) is 1.59. The molecule has 0 aliphatic carbocycles. The van der Waals surface area contributed by atoms with Crippen LogP contribution in [0.3, 0.4) is 0 Å². The van der Waals surface area contributed by atoms with Crippen LogP contribution in [0, 0.1) is 0 Å². The first-order valence-electron chi connectivity index (χ1n) is 4.80. The molecule has 2 atom stereocenters. The minimum Gasteiger partial charge on any atom is -0.327 e. The molecule has 1 fully saturated rings. The zero-order valence-electron chi connectivity index (χ0n) is 8.26. The Hall–Kier alpha value is -0.220. The summed E-state index contributed by atoms with van der Waals surface area (Å²) < 4.78 is 25.6. The second-order valence-corrected chi connectivity index (χ2v) is 3.99. The predicted molar refractivity (Wildman–Crippen MR) is 48.9 cm³/mol. The largest absolute Gasteiger partial charge is 0.327 e. The second-order valence-electron chi connectivity index (χ2n) is 3.99. The molecule has 13 heavy (non-hydrogen) atoms. The summed E-state index contributed by atoms with van der Waals surface area (Å²) in [5.74, 6) is -2.45. The Bertz CT molecular complexity index is 161. The normalized spacial score (nSPS) is 28.4. The van der Waals surface area contributed by atoms with E-state index in [4.69, 9.17) is 5.73 Å². The maximum Gasteiger partial charge on any atom is 0.250 e. The highest BCUT2D eigenvalue weighted by molar-refractivity contribution is 4.83. The van der Waals surface area contributed by atoms with E-state index in [1.54, 1.807) is 0 Å². The molecule has 2 nitrogen and oxygen atoms in total. The average molecular weight is 192 g/mol. The van der Waals surface area contributed by atoms with Gasteiger partial charge in [-0.05, 0) is 13.8 Å². The van der Waals surface area contributed by atoms with Crippen molar-refractivity contribution in [3.63, 3.8) is 0 Å². The summed E-state index contributed by atoms with van der Waals surface area (Å²) in [6, 6.07) is 0.253. The lowest BCUT2D eigenvalue weighted by molar-refractivity contribution is -0.0629. The van der Waals surface area contributed by atoms with Crippen molar-refractivity contribution < 1.29 is 8.78 Å². The molecule has 0 amide bonds. The third kappa shape index (κ3) is 2.88. The molecule has 1 unspecified atom stereocenters. The topological polar surface area (TPSA) is 29.3 Å². The van der Waals surface area contributed by atoms with E-state index in [0.29, 0.717) is 13.1 Å². The fourth-order valence-corrected chi connectivity index (χ4v) is 1.59. The fraction of sp³-hybridized carbons (Fsp3) is 1.00. The minimum absolute atomic E-state index is 0.0237. The Morgan fingerprint density at radius 1 is 1.23 bits per heavy atom. The van der Waals surface area contributed by atoms with Gasteiger partial charge in [-0.25, -0.2) is 8.78 Å². The third-order valence-corrected chi connectivity index (χ3v) is 2.87. The molecule has 0 spiro atoms. The molecule has 78 valence electrons. The maximum absolute atomic E-state index is 12.8. The van der Waals surface area contributed by atoms with Crippen molar-refractivity contribution in [1.82, 2.24) is 4.90 Å². The zero-order valence-corrected chi connectivity index (χ0v) is 8.26. The van der Waals surface area contributed by atoms with Crippen molar-refractivity contribution in [3.8, 4) is 0 Å². The highest BCUT2D eigenvalue weighted by atomic mass is 19.3. The van der Waals surface area contributed by atoms with Gasteiger partial charge in [-0.15, -0.1) is 0 Å². The van der Waals surface area contributed by atoms with Gasteiger partial charge in [0, 0.05) is 38.0 Å². The molecular formula is C9H18F2N2. The molecule has 0 radical (unpaired) electrons. The molecule has 1 heterocycles. The lowest BCUT2D eigenvalue weighted by Crippen LogP contribution is -2.49. The second kappa shape index (κ2) is 3.88. The molecule has 0 bridgehead atoms. The molecule has 0 aromatic heterocycles. The summed E-state index contributed by atoms with van der Waals surface area (Å²) in [5, 5.41) is 0. The smallest absolute Gasteiger partial charge is 0.250 e. The van der Waals surface area contributed by atoms with E-state index in [0.717, 1.165) is 0 Å². The predicted octanol–water partition coefficient (Wildman–Crippen LogP) is 1.45. The first kappa shape index (κ1) is 10.9. The van der Waals surface area contributed by atoms with Crippen molar-refractivity contribution >= 4 is 0 Å². The molecule has 0 aromatic rings. The lowest BCUT2D eigenvalue weighted by Gasteiger charge is -2.37. The van der Waals surface area contributed by atoms with Gasteiger partial charge < -0.3 is 5.73 Å². The number of hydrogen-bond acceptors (Lipinski definition) is 2. The summed E-state index contributed by atoms with van der Waals surface area (Å²) in [6.07, 6.45) is -0.0475. The summed E-state index contributed by atoms with van der Waals surface area (Å²) in [7, 11) is 0. The quantitative estimate of drug-likeness (QED) is 0.717. The summed E-state index contributed by atoms with van der Waals surface area (Å²) in [5.41, 5.74) is 5.71. The summed E-state index contributed by atoms with van der Waals surface area (Å²) in [4.78, 5) is 2.04. The van der Waals surface area contributed by atoms with Crippen molar-refractivity contribution in [2.75, 3.05) is 13.1 Å². The van der Waals surface area contributed by atoms with Gasteiger partial charge >= 0.3 is 0 Å². The van der Waals surface area contributed by atoms with Crippen LogP contribution in [0.2, 0.25) is 0 Å². The first-order chi connectivity index (χ1) is 5.92. The van der Waals surface area contributed by atoms with Gasteiger partial charge in [-0.3, -0.25) is 4.90 Å². The number of alkyl halides is 2. The van der Waals surface area contributed by atoms with E-state index in [1.165, 1.54) is 0 Å². The summed E-state index contributed by atoms with van der Waals surface area (Å²) in [6.45, 7) is 4.84. The minimum atomic E-state index is -2.45. The van der Waals surface area contributed by atoms with E-state index in [-0.39, 0.29) is 24.9 Å². The lowest BCUT2D eigenvalue weighted by atomic mass is 10.0. The standard InChI is InChI=1S/C9H18F2N2/c1-7(12)8(2)13-5-3-9(10,11)4-6-13/h7-8H,3-6,12H2,1-2H3/t7?,8-/m0/s1. The third-order valence-electron chi connectivity index (χ3n) is 2.87. The number of likely N-dealkylation sites (tertiary alicyclic amines) is 1. The Morgan fingerprint density at radius 3 is 2.08 bits per heavy atom. The number of nitrogens with two attached hydrogens (primary N) is 1. The highest BCUT2D eigenvalue weighted by Gasteiger charge is 2.35. The zero-order chi connectivity index (χ0) is 10.1. The number of rotatable bonds is 2. The van der Waals surface area contributed by atoms with E-state index in [2.05, 4.69) is 0 Å². The van der Waals surface area contributed by atoms with Crippen LogP contribution in [0.5, 0.6) is 0 Å². The number of halogens is 2. The van der Waals surface area contributed by atoms with E-state index >= 15 is 0 Å². The van der Waals surface area contributed by atoms with Crippen LogP contribution in [0.25, 0.3) is 0 Å². The van der Waals surface area contributed by atoms with Crippen molar-refractivity contribution in [3.05, 3.63) is 0 Å². The molecular weight excluding hydrogens is 174 g/mol. The van der Waals surface area contributed by atoms with E-state index in [1.807, 2.05) is 18.7 Å². The van der Waals surface area contributed by atoms with Gasteiger partial charge in [0.1, 0.15) is 0 Å². The molecule has 1 aliphatic rings. The van der Waals surface area contributed by atoms with Crippen LogP contribution in [-0.4, -0.2) is 36.0 Å². The number of nitrogens with zero attached hydrogens (tertiary/aromatic N) is 1. The Labute approximate surface area is 78.1 Å². The molecule has 0 aromatic carbocycles. The van der Waals surface area contributed by atoms with Crippen LogP contribution in [0.4, 0.5) is 8.78 Å². The van der Waals surface area contributed by atoms with Crippen molar-refractivity contribution in [1.29, 1.82) is 0 Å². The van der Waals surface area contributed by atoms with E-state index in [9.17, 15) is 8.78 Å². The number of hydrogen-bond donors (Lipinski definition) is 1. The molecule has 1 rings (SSSR count). The Kier molecular flexibility index (Phi) is 3.24. The Balaban J connectivity index is 2.41. The maximum atomic E-state index is 12.8. The van der Waals surface area contributed by atoms with Gasteiger partial charge in [0.25, 0.3) is 5.92 Å². The van der Waals surface area contributed by atoms with Gasteiger partial charge in [-0.1, -0.05) is 0 Å². The van der Waals surface area contributed by atoms with Gasteiger partial charge in [0.05, 0.1) is 0 Å². The molecule has 2 N–H and O–H groups in total. The molecule has 4 heteroatoms. The average Bonchev–Trinajstić information content (AvgIpc) is 2.03. The molecule has 1 aliphatic heterocycles. The van der Waals surface area contributed by atoms with Crippen molar-refractivity contribution in [2.45, 2.75) is 44.7 Å².